The average Bonchev–Trinajstić information content (AvgIpc) is 2.75. The lowest BCUT2D eigenvalue weighted by Gasteiger charge is -2.06. The van der Waals surface area contributed by atoms with E-state index in [0.717, 1.165) is 12.4 Å². The van der Waals surface area contributed by atoms with E-state index in [1.807, 2.05) is 11.5 Å². The zero-order valence-corrected chi connectivity index (χ0v) is 9.52. The van der Waals surface area contributed by atoms with Crippen molar-refractivity contribution in [2.75, 3.05) is 5.32 Å². The van der Waals surface area contributed by atoms with Crippen LogP contribution in [0.15, 0.2) is 18.9 Å². The van der Waals surface area contributed by atoms with Crippen LogP contribution in [0.5, 0.6) is 0 Å². The highest BCUT2D eigenvalue weighted by molar-refractivity contribution is 6.32. The molecule has 0 unspecified atom stereocenters. The summed E-state index contributed by atoms with van der Waals surface area (Å²) in [6.45, 7) is 3.40. The molecule has 0 saturated heterocycles. The van der Waals surface area contributed by atoms with Gasteiger partial charge in [0, 0.05) is 6.54 Å². The number of halogens is 1. The van der Waals surface area contributed by atoms with Crippen molar-refractivity contribution < 1.29 is 0 Å². The minimum atomic E-state index is 0.491. The van der Waals surface area contributed by atoms with E-state index in [-0.39, 0.29) is 0 Å². The normalized spacial score (nSPS) is 10.4. The topological polar surface area (TPSA) is 68.5 Å². The van der Waals surface area contributed by atoms with Crippen molar-refractivity contribution >= 4 is 17.4 Å². The highest BCUT2D eigenvalue weighted by atomic mass is 35.5. The van der Waals surface area contributed by atoms with Gasteiger partial charge in [-0.15, -0.1) is 10.2 Å². The van der Waals surface area contributed by atoms with Gasteiger partial charge in [-0.25, -0.2) is 9.97 Å². The number of nitrogens with one attached hydrogen (secondary N) is 1. The Labute approximate surface area is 97.7 Å². The summed E-state index contributed by atoms with van der Waals surface area (Å²) in [7, 11) is 0. The molecule has 0 radical (unpaired) electrons. The first-order valence-corrected chi connectivity index (χ1v) is 5.25. The van der Waals surface area contributed by atoms with Crippen LogP contribution in [-0.2, 0) is 13.1 Å². The first-order chi connectivity index (χ1) is 7.81. The number of rotatable bonds is 4. The molecule has 2 aromatic rings. The molecule has 2 heterocycles. The molecule has 16 heavy (non-hydrogen) atoms. The third-order valence-corrected chi connectivity index (χ3v) is 2.39. The summed E-state index contributed by atoms with van der Waals surface area (Å²) in [4.78, 5) is 7.83. The largest absolute Gasteiger partial charge is 0.361 e. The molecular formula is C9H11ClN6. The van der Waals surface area contributed by atoms with Crippen molar-refractivity contribution in [3.8, 4) is 0 Å². The standard InChI is InChI=1S/C9H11ClN6/c1-2-16-6-14-15-8(16)4-12-9-7(10)3-11-5-13-9/h3,5-6H,2,4H2,1H3,(H,11,12,13). The minimum Gasteiger partial charge on any atom is -0.361 e. The van der Waals surface area contributed by atoms with Gasteiger partial charge in [0.1, 0.15) is 23.5 Å². The fraction of sp³-hybridized carbons (Fsp3) is 0.333. The van der Waals surface area contributed by atoms with Crippen LogP contribution in [0.1, 0.15) is 12.7 Å². The monoisotopic (exact) mass is 238 g/mol. The van der Waals surface area contributed by atoms with Gasteiger partial charge in [-0.2, -0.15) is 0 Å². The average molecular weight is 239 g/mol. The number of aromatic nitrogens is 5. The van der Waals surface area contributed by atoms with Gasteiger partial charge in [-0.1, -0.05) is 11.6 Å². The molecule has 0 bridgehead atoms. The molecule has 0 fully saturated rings. The zero-order chi connectivity index (χ0) is 11.4. The van der Waals surface area contributed by atoms with Gasteiger partial charge < -0.3 is 9.88 Å². The first-order valence-electron chi connectivity index (χ1n) is 4.87. The van der Waals surface area contributed by atoms with Gasteiger partial charge in [-0.05, 0) is 6.92 Å². The molecule has 7 heteroatoms. The van der Waals surface area contributed by atoms with E-state index in [9.17, 15) is 0 Å². The second-order valence-corrected chi connectivity index (χ2v) is 3.51. The summed E-state index contributed by atoms with van der Waals surface area (Å²) in [6, 6.07) is 0. The predicted octanol–water partition coefficient (Wildman–Crippen LogP) is 1.35. The molecule has 6 nitrogen and oxygen atoms in total. The van der Waals surface area contributed by atoms with Crippen molar-refractivity contribution in [2.45, 2.75) is 20.0 Å². The van der Waals surface area contributed by atoms with E-state index in [4.69, 9.17) is 11.6 Å². The maximum atomic E-state index is 5.91. The molecule has 84 valence electrons. The first kappa shape index (κ1) is 10.8. The van der Waals surface area contributed by atoms with Crippen LogP contribution in [0.25, 0.3) is 0 Å². The second kappa shape index (κ2) is 4.89. The molecule has 0 aliphatic carbocycles. The molecule has 0 amide bonds. The quantitative estimate of drug-likeness (QED) is 0.871. The lowest BCUT2D eigenvalue weighted by molar-refractivity contribution is 0.707. The minimum absolute atomic E-state index is 0.491. The van der Waals surface area contributed by atoms with E-state index in [1.165, 1.54) is 6.33 Å². The highest BCUT2D eigenvalue weighted by Gasteiger charge is 2.04. The maximum Gasteiger partial charge on any atom is 0.152 e. The van der Waals surface area contributed by atoms with Crippen molar-refractivity contribution in [3.63, 3.8) is 0 Å². The lowest BCUT2D eigenvalue weighted by Crippen LogP contribution is -2.08. The van der Waals surface area contributed by atoms with Gasteiger partial charge in [0.2, 0.25) is 0 Å². The Morgan fingerprint density at radius 3 is 3.12 bits per heavy atom. The van der Waals surface area contributed by atoms with Crippen molar-refractivity contribution in [1.29, 1.82) is 0 Å². The van der Waals surface area contributed by atoms with E-state index in [1.54, 1.807) is 12.5 Å². The summed E-state index contributed by atoms with van der Waals surface area (Å²) in [6.07, 6.45) is 4.68. The van der Waals surface area contributed by atoms with Crippen LogP contribution in [0, 0.1) is 0 Å². The molecule has 2 aromatic heterocycles. The Morgan fingerprint density at radius 1 is 1.50 bits per heavy atom. The molecule has 0 atom stereocenters. The summed E-state index contributed by atoms with van der Waals surface area (Å²) < 4.78 is 1.95. The number of aryl methyl sites for hydroxylation is 1. The summed E-state index contributed by atoms with van der Waals surface area (Å²) >= 11 is 5.91. The molecule has 0 saturated carbocycles. The Bertz CT molecular complexity index is 469. The summed E-state index contributed by atoms with van der Waals surface area (Å²) in [5, 5.41) is 11.4. The Hall–Kier alpha value is -1.69. The lowest BCUT2D eigenvalue weighted by atomic mass is 10.5. The van der Waals surface area contributed by atoms with Gasteiger partial charge in [-0.3, -0.25) is 0 Å². The van der Waals surface area contributed by atoms with Crippen LogP contribution < -0.4 is 5.32 Å². The number of hydrogen-bond acceptors (Lipinski definition) is 5. The number of nitrogens with zero attached hydrogens (tertiary/aromatic N) is 5. The Morgan fingerprint density at radius 2 is 2.38 bits per heavy atom. The molecule has 0 aliphatic rings. The number of hydrogen-bond donors (Lipinski definition) is 1. The van der Waals surface area contributed by atoms with Crippen LogP contribution >= 0.6 is 11.6 Å². The molecule has 2 rings (SSSR count). The Balaban J connectivity index is 2.05. The SMILES string of the molecule is CCn1cnnc1CNc1ncncc1Cl. The third kappa shape index (κ3) is 2.27. The van der Waals surface area contributed by atoms with Gasteiger partial charge in [0.25, 0.3) is 0 Å². The Kier molecular flexibility index (Phi) is 3.31. The fourth-order valence-electron chi connectivity index (χ4n) is 1.29. The summed E-state index contributed by atoms with van der Waals surface area (Å²) in [5.41, 5.74) is 0. The smallest absolute Gasteiger partial charge is 0.152 e. The zero-order valence-electron chi connectivity index (χ0n) is 8.76. The van der Waals surface area contributed by atoms with Crippen molar-refractivity contribution in [1.82, 2.24) is 24.7 Å². The molecule has 1 N–H and O–H groups in total. The molecule has 0 spiro atoms. The number of anilines is 1. The van der Waals surface area contributed by atoms with Gasteiger partial charge >= 0.3 is 0 Å². The van der Waals surface area contributed by atoms with Crippen LogP contribution in [0.4, 0.5) is 5.82 Å². The van der Waals surface area contributed by atoms with Crippen LogP contribution in [0.2, 0.25) is 5.02 Å². The summed E-state index contributed by atoms with van der Waals surface area (Å²) in [5.74, 6) is 1.44. The predicted molar refractivity (Wildman–Crippen MR) is 60.1 cm³/mol. The molecular weight excluding hydrogens is 228 g/mol. The van der Waals surface area contributed by atoms with E-state index in [0.29, 0.717) is 17.4 Å². The van der Waals surface area contributed by atoms with E-state index < -0.39 is 0 Å². The molecule has 0 aromatic carbocycles. The molecule has 0 aliphatic heterocycles. The van der Waals surface area contributed by atoms with E-state index in [2.05, 4.69) is 25.5 Å². The van der Waals surface area contributed by atoms with Crippen LogP contribution in [-0.4, -0.2) is 24.7 Å². The third-order valence-electron chi connectivity index (χ3n) is 2.12. The van der Waals surface area contributed by atoms with Crippen molar-refractivity contribution in [2.24, 2.45) is 0 Å². The highest BCUT2D eigenvalue weighted by Crippen LogP contribution is 2.16. The van der Waals surface area contributed by atoms with Gasteiger partial charge in [0.15, 0.2) is 5.82 Å². The second-order valence-electron chi connectivity index (χ2n) is 3.11. The maximum absolute atomic E-state index is 5.91. The van der Waals surface area contributed by atoms with E-state index >= 15 is 0 Å². The van der Waals surface area contributed by atoms with Crippen molar-refractivity contribution in [3.05, 3.63) is 29.7 Å². The van der Waals surface area contributed by atoms with Gasteiger partial charge in [0.05, 0.1) is 12.7 Å². The van der Waals surface area contributed by atoms with Crippen LogP contribution in [0.3, 0.4) is 0 Å². The fourth-order valence-corrected chi connectivity index (χ4v) is 1.46.